The fourth-order valence-corrected chi connectivity index (χ4v) is 1.60. The second-order valence-electron chi connectivity index (χ2n) is 4.68. The summed E-state index contributed by atoms with van der Waals surface area (Å²) in [6.45, 7) is 5.35. The summed E-state index contributed by atoms with van der Waals surface area (Å²) in [4.78, 5) is 11.1. The molecule has 0 fully saturated rings. The Balaban J connectivity index is 2.69. The average molecular weight is 240 g/mol. The number of carboxylic acids is 1. The molecule has 6 heteroatoms. The van der Waals surface area contributed by atoms with Crippen molar-refractivity contribution in [3.63, 3.8) is 0 Å². The van der Waals surface area contributed by atoms with Crippen molar-refractivity contribution < 1.29 is 9.90 Å². The maximum Gasteiger partial charge on any atom is 0.331 e. The van der Waals surface area contributed by atoms with Crippen molar-refractivity contribution in [3.05, 3.63) is 5.82 Å². The van der Waals surface area contributed by atoms with Crippen LogP contribution >= 0.6 is 0 Å². The number of tetrazole rings is 1. The molecule has 0 unspecified atom stereocenters. The maximum absolute atomic E-state index is 11.1. The van der Waals surface area contributed by atoms with E-state index < -0.39 is 11.5 Å². The Bertz CT molecular complexity index is 373. The minimum absolute atomic E-state index is 0.647. The van der Waals surface area contributed by atoms with E-state index in [4.69, 9.17) is 5.11 Å². The second-order valence-corrected chi connectivity index (χ2v) is 4.68. The van der Waals surface area contributed by atoms with Crippen molar-refractivity contribution in [1.29, 1.82) is 0 Å². The summed E-state index contributed by atoms with van der Waals surface area (Å²) >= 11 is 0. The minimum Gasteiger partial charge on any atom is -0.479 e. The van der Waals surface area contributed by atoms with Crippen LogP contribution in [0.5, 0.6) is 0 Å². The van der Waals surface area contributed by atoms with Gasteiger partial charge in [0.15, 0.2) is 11.4 Å². The van der Waals surface area contributed by atoms with Crippen LogP contribution in [0.2, 0.25) is 0 Å². The highest BCUT2D eigenvalue weighted by atomic mass is 16.4. The normalized spacial score (nSPS) is 11.7. The van der Waals surface area contributed by atoms with Gasteiger partial charge in [0.25, 0.3) is 0 Å². The van der Waals surface area contributed by atoms with Gasteiger partial charge in [0, 0.05) is 6.42 Å². The van der Waals surface area contributed by atoms with Gasteiger partial charge in [-0.05, 0) is 30.7 Å². The number of rotatable bonds is 7. The van der Waals surface area contributed by atoms with Gasteiger partial charge in [-0.1, -0.05) is 26.2 Å². The van der Waals surface area contributed by atoms with Gasteiger partial charge in [-0.15, -0.1) is 5.10 Å². The zero-order valence-electron chi connectivity index (χ0n) is 10.7. The monoisotopic (exact) mass is 240 g/mol. The lowest BCUT2D eigenvalue weighted by Crippen LogP contribution is -2.37. The number of carbonyl (C=O) groups is 1. The summed E-state index contributed by atoms with van der Waals surface area (Å²) in [6.07, 6.45) is 5.19. The van der Waals surface area contributed by atoms with Gasteiger partial charge in [0.2, 0.25) is 0 Å². The summed E-state index contributed by atoms with van der Waals surface area (Å²) in [5, 5.41) is 20.4. The van der Waals surface area contributed by atoms with Crippen molar-refractivity contribution in [2.24, 2.45) is 0 Å². The van der Waals surface area contributed by atoms with Crippen LogP contribution in [0.25, 0.3) is 0 Å². The fraction of sp³-hybridized carbons (Fsp3) is 0.818. The zero-order valence-corrected chi connectivity index (χ0v) is 10.7. The average Bonchev–Trinajstić information content (AvgIpc) is 2.73. The Morgan fingerprint density at radius 1 is 1.35 bits per heavy atom. The molecule has 1 heterocycles. The predicted molar refractivity (Wildman–Crippen MR) is 62.6 cm³/mol. The van der Waals surface area contributed by atoms with E-state index in [2.05, 4.69) is 22.4 Å². The van der Waals surface area contributed by atoms with Gasteiger partial charge >= 0.3 is 5.97 Å². The lowest BCUT2D eigenvalue weighted by molar-refractivity contribution is -0.146. The summed E-state index contributed by atoms with van der Waals surface area (Å²) in [7, 11) is 0. The van der Waals surface area contributed by atoms with E-state index in [0.717, 1.165) is 19.3 Å². The standard InChI is InChI=1S/C11H20N4O2/c1-4-5-6-7-8-9-12-13-14-15(9)11(2,3)10(16)17/h4-8H2,1-3H3,(H,16,17). The van der Waals surface area contributed by atoms with Crippen molar-refractivity contribution in [2.75, 3.05) is 0 Å². The molecule has 0 amide bonds. The van der Waals surface area contributed by atoms with Crippen LogP contribution in [0.4, 0.5) is 0 Å². The summed E-state index contributed by atoms with van der Waals surface area (Å²) < 4.78 is 1.40. The lowest BCUT2D eigenvalue weighted by atomic mass is 10.1. The molecule has 17 heavy (non-hydrogen) atoms. The van der Waals surface area contributed by atoms with E-state index in [1.807, 2.05) is 0 Å². The highest BCUT2D eigenvalue weighted by molar-refractivity contribution is 5.75. The Labute approximate surface area is 101 Å². The van der Waals surface area contributed by atoms with Crippen LogP contribution in [0.1, 0.15) is 52.3 Å². The number of carboxylic acid groups (broad SMARTS) is 1. The molecular weight excluding hydrogens is 220 g/mol. The van der Waals surface area contributed by atoms with Gasteiger partial charge in [-0.3, -0.25) is 0 Å². The van der Waals surface area contributed by atoms with Crippen molar-refractivity contribution >= 4 is 5.97 Å². The van der Waals surface area contributed by atoms with Gasteiger partial charge in [-0.25, -0.2) is 9.48 Å². The van der Waals surface area contributed by atoms with Crippen molar-refractivity contribution in [3.8, 4) is 0 Å². The molecule has 1 rings (SSSR count). The highest BCUT2D eigenvalue weighted by Crippen LogP contribution is 2.16. The quantitative estimate of drug-likeness (QED) is 0.732. The summed E-state index contributed by atoms with van der Waals surface area (Å²) in [6, 6.07) is 0. The topological polar surface area (TPSA) is 80.9 Å². The molecule has 96 valence electrons. The second kappa shape index (κ2) is 5.75. The van der Waals surface area contributed by atoms with Crippen LogP contribution < -0.4 is 0 Å². The third kappa shape index (κ3) is 3.25. The van der Waals surface area contributed by atoms with Crippen LogP contribution in [-0.4, -0.2) is 31.3 Å². The van der Waals surface area contributed by atoms with Gasteiger partial charge in [-0.2, -0.15) is 0 Å². The number of hydrogen-bond acceptors (Lipinski definition) is 4. The first-order chi connectivity index (χ1) is 8.00. The van der Waals surface area contributed by atoms with E-state index >= 15 is 0 Å². The van der Waals surface area contributed by atoms with Gasteiger partial charge in [0.1, 0.15) is 0 Å². The number of unbranched alkanes of at least 4 members (excludes halogenated alkanes) is 3. The molecule has 6 nitrogen and oxygen atoms in total. The third-order valence-electron chi connectivity index (χ3n) is 2.84. The molecule has 0 aliphatic heterocycles. The molecule has 1 N–H and O–H groups in total. The SMILES string of the molecule is CCCCCCc1nnnn1C(C)(C)C(=O)O. The zero-order chi connectivity index (χ0) is 12.9. The Morgan fingerprint density at radius 2 is 2.06 bits per heavy atom. The molecule has 0 atom stereocenters. The van der Waals surface area contributed by atoms with E-state index in [0.29, 0.717) is 5.82 Å². The smallest absolute Gasteiger partial charge is 0.331 e. The largest absolute Gasteiger partial charge is 0.479 e. The number of hydrogen-bond donors (Lipinski definition) is 1. The molecule has 0 bridgehead atoms. The lowest BCUT2D eigenvalue weighted by Gasteiger charge is -2.20. The van der Waals surface area contributed by atoms with Crippen LogP contribution in [0.3, 0.4) is 0 Å². The molecule has 1 aromatic heterocycles. The highest BCUT2D eigenvalue weighted by Gasteiger charge is 2.33. The van der Waals surface area contributed by atoms with E-state index in [9.17, 15) is 4.79 Å². The molecule has 0 aliphatic carbocycles. The van der Waals surface area contributed by atoms with Gasteiger partial charge < -0.3 is 5.11 Å². The molecule has 1 aromatic rings. The van der Waals surface area contributed by atoms with E-state index in [-0.39, 0.29) is 0 Å². The minimum atomic E-state index is -1.09. The van der Waals surface area contributed by atoms with E-state index in [1.165, 1.54) is 17.5 Å². The summed E-state index contributed by atoms with van der Waals surface area (Å²) in [5.74, 6) is -0.284. The van der Waals surface area contributed by atoms with E-state index in [1.54, 1.807) is 13.8 Å². The van der Waals surface area contributed by atoms with Gasteiger partial charge in [0.05, 0.1) is 0 Å². The third-order valence-corrected chi connectivity index (χ3v) is 2.84. The number of aromatic nitrogens is 4. The molecular formula is C11H20N4O2. The summed E-state index contributed by atoms with van der Waals surface area (Å²) in [5.41, 5.74) is -1.09. The molecule has 0 aromatic carbocycles. The Kier molecular flexibility index (Phi) is 4.60. The van der Waals surface area contributed by atoms with Crippen molar-refractivity contribution in [1.82, 2.24) is 20.2 Å². The fourth-order valence-electron chi connectivity index (χ4n) is 1.60. The van der Waals surface area contributed by atoms with Crippen LogP contribution in [0, 0.1) is 0 Å². The molecule has 0 aliphatic rings. The number of nitrogens with zero attached hydrogens (tertiary/aromatic N) is 4. The Hall–Kier alpha value is -1.46. The predicted octanol–water partition coefficient (Wildman–Crippen LogP) is 1.62. The first kappa shape index (κ1) is 13.6. The molecule has 0 saturated heterocycles. The molecule has 0 spiro atoms. The van der Waals surface area contributed by atoms with Crippen LogP contribution in [-0.2, 0) is 16.8 Å². The maximum atomic E-state index is 11.1. The van der Waals surface area contributed by atoms with Crippen LogP contribution in [0.15, 0.2) is 0 Å². The molecule has 0 saturated carbocycles. The number of aliphatic carboxylic acids is 1. The Morgan fingerprint density at radius 3 is 2.65 bits per heavy atom. The molecule has 0 radical (unpaired) electrons. The van der Waals surface area contributed by atoms with Crippen molar-refractivity contribution in [2.45, 2.75) is 58.4 Å². The number of aryl methyl sites for hydroxylation is 1. The first-order valence-electron chi connectivity index (χ1n) is 6.01. The first-order valence-corrected chi connectivity index (χ1v) is 6.01.